The number of amidine groups is 1. The van der Waals surface area contributed by atoms with Crippen LogP contribution in [0, 0.1) is 5.82 Å². The number of carbonyl (C=O) groups excluding carboxylic acids is 1. The summed E-state index contributed by atoms with van der Waals surface area (Å²) >= 11 is 1.33. The molecule has 1 heterocycles. The van der Waals surface area contributed by atoms with E-state index in [1.807, 2.05) is 103 Å². The highest BCUT2D eigenvalue weighted by Gasteiger charge is 2.35. The SMILES string of the molecule is O=C1/C(=C\c2c(OCc3ccc(F)cc3)ccc3ccccc23)SC(=Nc2ccccc2)N1c1ccccc1. The van der Waals surface area contributed by atoms with Crippen molar-refractivity contribution in [3.05, 3.63) is 143 Å². The molecule has 1 amide bonds. The number of ether oxygens (including phenoxy) is 1. The molecule has 6 heteroatoms. The van der Waals surface area contributed by atoms with Gasteiger partial charge in [-0.15, -0.1) is 0 Å². The normalized spacial score (nSPS) is 15.4. The molecule has 39 heavy (non-hydrogen) atoms. The van der Waals surface area contributed by atoms with E-state index in [9.17, 15) is 9.18 Å². The van der Waals surface area contributed by atoms with Crippen LogP contribution in [0.2, 0.25) is 0 Å². The van der Waals surface area contributed by atoms with Gasteiger partial charge in [-0.2, -0.15) is 0 Å². The van der Waals surface area contributed by atoms with Gasteiger partial charge in [-0.25, -0.2) is 9.38 Å². The molecule has 0 aliphatic carbocycles. The van der Waals surface area contributed by atoms with Gasteiger partial charge in [0.2, 0.25) is 0 Å². The Kier molecular flexibility index (Phi) is 6.93. The van der Waals surface area contributed by atoms with E-state index in [0.29, 0.717) is 15.8 Å². The summed E-state index contributed by atoms with van der Waals surface area (Å²) in [4.78, 5) is 20.8. The third-order valence-corrected chi connectivity index (χ3v) is 7.28. The van der Waals surface area contributed by atoms with Crippen LogP contribution in [0.15, 0.2) is 131 Å². The molecule has 0 spiro atoms. The first-order valence-electron chi connectivity index (χ1n) is 12.5. The molecule has 190 valence electrons. The van der Waals surface area contributed by atoms with E-state index in [1.165, 1.54) is 23.9 Å². The first-order chi connectivity index (χ1) is 19.2. The summed E-state index contributed by atoms with van der Waals surface area (Å²) in [7, 11) is 0. The minimum Gasteiger partial charge on any atom is -0.488 e. The van der Waals surface area contributed by atoms with Crippen molar-refractivity contribution in [3.63, 3.8) is 0 Å². The fraction of sp³-hybridized carbons (Fsp3) is 0.0303. The number of fused-ring (bicyclic) bond motifs is 1. The molecule has 0 aromatic heterocycles. The third-order valence-electron chi connectivity index (χ3n) is 6.32. The smallest absolute Gasteiger partial charge is 0.271 e. The van der Waals surface area contributed by atoms with Gasteiger partial charge >= 0.3 is 0 Å². The number of para-hydroxylation sites is 2. The van der Waals surface area contributed by atoms with Crippen LogP contribution in [0.4, 0.5) is 15.8 Å². The molecule has 0 unspecified atom stereocenters. The molecule has 1 saturated heterocycles. The zero-order valence-corrected chi connectivity index (χ0v) is 21.6. The van der Waals surface area contributed by atoms with Crippen LogP contribution < -0.4 is 9.64 Å². The zero-order valence-electron chi connectivity index (χ0n) is 20.8. The Bertz CT molecular complexity index is 1700. The first-order valence-corrected chi connectivity index (χ1v) is 13.3. The quantitative estimate of drug-likeness (QED) is 0.207. The highest BCUT2D eigenvalue weighted by molar-refractivity contribution is 8.19. The van der Waals surface area contributed by atoms with E-state index >= 15 is 0 Å². The molecule has 0 saturated carbocycles. The van der Waals surface area contributed by atoms with Crippen molar-refractivity contribution in [1.82, 2.24) is 0 Å². The van der Waals surface area contributed by atoms with Crippen molar-refractivity contribution in [2.75, 3.05) is 4.90 Å². The number of amides is 1. The van der Waals surface area contributed by atoms with E-state index in [1.54, 1.807) is 17.0 Å². The van der Waals surface area contributed by atoms with Crippen LogP contribution in [-0.4, -0.2) is 11.1 Å². The molecule has 4 nitrogen and oxygen atoms in total. The van der Waals surface area contributed by atoms with Crippen LogP contribution in [0.5, 0.6) is 5.75 Å². The van der Waals surface area contributed by atoms with Crippen molar-refractivity contribution in [1.29, 1.82) is 0 Å². The van der Waals surface area contributed by atoms with E-state index < -0.39 is 0 Å². The average molecular weight is 531 g/mol. The summed E-state index contributed by atoms with van der Waals surface area (Å²) in [5, 5.41) is 2.58. The Balaban J connectivity index is 1.43. The Morgan fingerprint density at radius 2 is 1.49 bits per heavy atom. The molecular weight excluding hydrogens is 507 g/mol. The number of rotatable bonds is 6. The number of carbonyl (C=O) groups is 1. The van der Waals surface area contributed by atoms with Crippen molar-refractivity contribution in [2.45, 2.75) is 6.61 Å². The Morgan fingerprint density at radius 3 is 2.26 bits per heavy atom. The second-order valence-electron chi connectivity index (χ2n) is 8.93. The molecule has 0 N–H and O–H groups in total. The number of anilines is 1. The number of hydrogen-bond donors (Lipinski definition) is 0. The average Bonchev–Trinajstić information content (AvgIpc) is 3.28. The van der Waals surface area contributed by atoms with Gasteiger partial charge in [0.25, 0.3) is 5.91 Å². The van der Waals surface area contributed by atoms with Crippen molar-refractivity contribution >= 4 is 51.1 Å². The fourth-order valence-corrected chi connectivity index (χ4v) is 5.37. The number of nitrogens with zero attached hydrogens (tertiary/aromatic N) is 2. The van der Waals surface area contributed by atoms with Gasteiger partial charge in [0.05, 0.1) is 16.3 Å². The maximum atomic E-state index is 13.8. The summed E-state index contributed by atoms with van der Waals surface area (Å²) in [6, 6.07) is 37.3. The number of benzene rings is 5. The van der Waals surface area contributed by atoms with Crippen LogP contribution >= 0.6 is 11.8 Å². The monoisotopic (exact) mass is 530 g/mol. The Hall–Kier alpha value is -4.68. The molecular formula is C33H23FN2O2S. The zero-order chi connectivity index (χ0) is 26.6. The number of hydrogen-bond acceptors (Lipinski definition) is 4. The molecule has 6 rings (SSSR count). The van der Waals surface area contributed by atoms with Crippen LogP contribution in [0.1, 0.15) is 11.1 Å². The summed E-state index contributed by atoms with van der Waals surface area (Å²) in [6.45, 7) is 0.271. The van der Waals surface area contributed by atoms with Crippen molar-refractivity contribution < 1.29 is 13.9 Å². The molecule has 0 bridgehead atoms. The van der Waals surface area contributed by atoms with E-state index in [-0.39, 0.29) is 18.3 Å². The summed E-state index contributed by atoms with van der Waals surface area (Å²) in [6.07, 6.45) is 1.89. The molecule has 1 fully saturated rings. The van der Waals surface area contributed by atoms with Gasteiger partial charge in [-0.3, -0.25) is 9.69 Å². The summed E-state index contributed by atoms with van der Waals surface area (Å²) in [5.74, 6) is 0.194. The number of halogens is 1. The van der Waals surface area contributed by atoms with E-state index in [4.69, 9.17) is 9.73 Å². The van der Waals surface area contributed by atoms with Gasteiger partial charge in [-0.1, -0.05) is 78.9 Å². The topological polar surface area (TPSA) is 41.9 Å². The molecule has 5 aromatic carbocycles. The van der Waals surface area contributed by atoms with E-state index in [2.05, 4.69) is 0 Å². The largest absolute Gasteiger partial charge is 0.488 e. The highest BCUT2D eigenvalue weighted by Crippen LogP contribution is 2.40. The lowest BCUT2D eigenvalue weighted by molar-refractivity contribution is -0.113. The molecule has 1 aliphatic rings. The predicted octanol–water partition coefficient (Wildman–Crippen LogP) is 8.37. The molecule has 1 aliphatic heterocycles. The lowest BCUT2D eigenvalue weighted by Gasteiger charge is -2.15. The maximum Gasteiger partial charge on any atom is 0.271 e. The molecule has 0 atom stereocenters. The number of thioether (sulfide) groups is 1. The number of aliphatic imine (C=N–C) groups is 1. The lowest BCUT2D eigenvalue weighted by Crippen LogP contribution is -2.28. The van der Waals surface area contributed by atoms with Crippen LogP contribution in [0.3, 0.4) is 0 Å². The van der Waals surface area contributed by atoms with Gasteiger partial charge in [-0.05, 0) is 76.6 Å². The van der Waals surface area contributed by atoms with Gasteiger partial charge < -0.3 is 4.74 Å². The second kappa shape index (κ2) is 11.0. The van der Waals surface area contributed by atoms with Gasteiger partial charge in [0.1, 0.15) is 18.2 Å². The van der Waals surface area contributed by atoms with Crippen molar-refractivity contribution in [2.24, 2.45) is 4.99 Å². The van der Waals surface area contributed by atoms with Crippen molar-refractivity contribution in [3.8, 4) is 5.75 Å². The fourth-order valence-electron chi connectivity index (χ4n) is 4.39. The highest BCUT2D eigenvalue weighted by atomic mass is 32.2. The predicted molar refractivity (Wildman–Crippen MR) is 158 cm³/mol. The van der Waals surface area contributed by atoms with E-state index in [0.717, 1.165) is 33.3 Å². The minimum absolute atomic E-state index is 0.154. The summed E-state index contributed by atoms with van der Waals surface area (Å²) in [5.41, 5.74) is 3.17. The van der Waals surface area contributed by atoms with Gasteiger partial charge in [0, 0.05) is 5.56 Å². The standard InChI is InChI=1S/C33H23FN2O2S/c34-25-18-15-23(16-19-25)22-38-30-20-17-24-9-7-8-14-28(24)29(30)21-31-32(37)36(27-12-5-2-6-13-27)33(39-31)35-26-10-3-1-4-11-26/h1-21H,22H2/b31-21+,35-33?. The minimum atomic E-state index is -0.289. The lowest BCUT2D eigenvalue weighted by atomic mass is 10.0. The van der Waals surface area contributed by atoms with Crippen LogP contribution in [-0.2, 0) is 11.4 Å². The molecule has 0 radical (unpaired) electrons. The first kappa shape index (κ1) is 24.6. The van der Waals surface area contributed by atoms with Crippen LogP contribution in [0.25, 0.3) is 16.8 Å². The Morgan fingerprint density at radius 1 is 0.795 bits per heavy atom. The third kappa shape index (κ3) is 5.33. The maximum absolute atomic E-state index is 13.8. The summed E-state index contributed by atoms with van der Waals surface area (Å²) < 4.78 is 19.6. The molecule has 5 aromatic rings. The second-order valence-corrected chi connectivity index (χ2v) is 9.94. The Labute approximate surface area is 230 Å². The van der Waals surface area contributed by atoms with Gasteiger partial charge in [0.15, 0.2) is 5.17 Å².